The van der Waals surface area contributed by atoms with Crippen LogP contribution in [0.4, 0.5) is 0 Å². The molecule has 0 radical (unpaired) electrons. The number of rotatable bonds is 4. The van der Waals surface area contributed by atoms with E-state index in [1.807, 2.05) is 66.7 Å². The van der Waals surface area contributed by atoms with Crippen LogP contribution in [-0.2, 0) is 21.7 Å². The molecule has 1 unspecified atom stereocenters. The molecule has 0 fully saturated rings. The highest BCUT2D eigenvalue weighted by molar-refractivity contribution is 6.07. The molecule has 26 heavy (non-hydrogen) atoms. The first-order chi connectivity index (χ1) is 12.7. The van der Waals surface area contributed by atoms with Gasteiger partial charge in [-0.15, -0.1) is 0 Å². The lowest BCUT2D eigenvalue weighted by molar-refractivity contribution is -0.151. The molecule has 1 heterocycles. The van der Waals surface area contributed by atoms with Gasteiger partial charge in [0.15, 0.2) is 5.54 Å². The van der Waals surface area contributed by atoms with Crippen LogP contribution in [0.1, 0.15) is 27.0 Å². The van der Waals surface area contributed by atoms with E-state index in [0.29, 0.717) is 16.7 Å². The topological polar surface area (TPSA) is 55.4 Å². The quantitative estimate of drug-likeness (QED) is 0.739. The molecule has 0 bridgehead atoms. The molecule has 3 aromatic carbocycles. The van der Waals surface area contributed by atoms with Gasteiger partial charge in [-0.2, -0.15) is 0 Å². The van der Waals surface area contributed by atoms with Gasteiger partial charge in [0.2, 0.25) is 0 Å². The summed E-state index contributed by atoms with van der Waals surface area (Å²) < 4.78 is 5.62. The summed E-state index contributed by atoms with van der Waals surface area (Å²) in [6.07, 6.45) is 0. The Bertz CT molecular complexity index is 953. The van der Waals surface area contributed by atoms with Gasteiger partial charge in [-0.3, -0.25) is 4.79 Å². The van der Waals surface area contributed by atoms with E-state index in [-0.39, 0.29) is 12.5 Å². The number of ether oxygens (including phenoxy) is 1. The van der Waals surface area contributed by atoms with Crippen molar-refractivity contribution in [1.29, 1.82) is 0 Å². The molecule has 0 aromatic heterocycles. The van der Waals surface area contributed by atoms with Crippen molar-refractivity contribution in [3.8, 4) is 0 Å². The van der Waals surface area contributed by atoms with Gasteiger partial charge in [0.1, 0.15) is 6.61 Å². The van der Waals surface area contributed by atoms with E-state index >= 15 is 0 Å². The number of carbonyl (C=O) groups excluding carboxylic acids is 2. The summed E-state index contributed by atoms with van der Waals surface area (Å²) >= 11 is 0. The maximum atomic E-state index is 13.2. The van der Waals surface area contributed by atoms with Gasteiger partial charge >= 0.3 is 5.97 Å². The monoisotopic (exact) mass is 343 g/mol. The lowest BCUT2D eigenvalue weighted by Gasteiger charge is -2.28. The van der Waals surface area contributed by atoms with Gasteiger partial charge < -0.3 is 10.1 Å². The van der Waals surface area contributed by atoms with Crippen molar-refractivity contribution in [2.24, 2.45) is 0 Å². The number of benzene rings is 3. The Kier molecular flexibility index (Phi) is 4.01. The summed E-state index contributed by atoms with van der Waals surface area (Å²) in [5, 5.41) is 2.87. The van der Waals surface area contributed by atoms with Crippen molar-refractivity contribution in [1.82, 2.24) is 5.32 Å². The van der Waals surface area contributed by atoms with Crippen LogP contribution >= 0.6 is 0 Å². The predicted octanol–water partition coefficient (Wildman–Crippen LogP) is 3.42. The highest BCUT2D eigenvalue weighted by Gasteiger charge is 2.51. The van der Waals surface area contributed by atoms with Crippen LogP contribution in [0, 0.1) is 0 Å². The Morgan fingerprint density at radius 3 is 2.19 bits per heavy atom. The second-order valence-corrected chi connectivity index (χ2v) is 6.18. The molecule has 1 aliphatic heterocycles. The molecule has 1 amide bonds. The SMILES string of the molecule is O=C1NC(C(=O)OCc2ccccc2)(c2ccccc2)c2ccccc21. The normalized spacial score (nSPS) is 18.1. The van der Waals surface area contributed by atoms with Crippen LogP contribution in [-0.4, -0.2) is 11.9 Å². The maximum absolute atomic E-state index is 13.2. The molecule has 1 atom stereocenters. The van der Waals surface area contributed by atoms with Crippen LogP contribution in [0.2, 0.25) is 0 Å². The second-order valence-electron chi connectivity index (χ2n) is 6.18. The highest BCUT2D eigenvalue weighted by atomic mass is 16.5. The van der Waals surface area contributed by atoms with Crippen molar-refractivity contribution >= 4 is 11.9 Å². The summed E-state index contributed by atoms with van der Waals surface area (Å²) in [4.78, 5) is 25.7. The first-order valence-electron chi connectivity index (χ1n) is 8.40. The number of hydrogen-bond acceptors (Lipinski definition) is 3. The molecule has 0 spiro atoms. The van der Waals surface area contributed by atoms with Gasteiger partial charge in [0.05, 0.1) is 0 Å². The fraction of sp³-hybridized carbons (Fsp3) is 0.0909. The summed E-state index contributed by atoms with van der Waals surface area (Å²) in [5.74, 6) is -0.771. The number of nitrogens with one attached hydrogen (secondary N) is 1. The summed E-state index contributed by atoms with van der Waals surface area (Å²) in [6.45, 7) is 0.145. The summed E-state index contributed by atoms with van der Waals surface area (Å²) in [5.41, 5.74) is 1.35. The highest BCUT2D eigenvalue weighted by Crippen LogP contribution is 2.38. The fourth-order valence-electron chi connectivity index (χ4n) is 3.34. The van der Waals surface area contributed by atoms with Gasteiger partial charge in [0, 0.05) is 11.1 Å². The number of esters is 1. The molecule has 128 valence electrons. The van der Waals surface area contributed by atoms with Crippen LogP contribution < -0.4 is 5.32 Å². The Balaban J connectivity index is 1.76. The summed E-state index contributed by atoms with van der Waals surface area (Å²) in [7, 11) is 0. The summed E-state index contributed by atoms with van der Waals surface area (Å²) in [6, 6.07) is 25.8. The molecule has 3 aromatic rings. The van der Waals surface area contributed by atoms with Crippen molar-refractivity contribution in [3.05, 3.63) is 107 Å². The third-order valence-corrected chi connectivity index (χ3v) is 4.60. The largest absolute Gasteiger partial charge is 0.459 e. The fourth-order valence-corrected chi connectivity index (χ4v) is 3.34. The Morgan fingerprint density at radius 2 is 1.46 bits per heavy atom. The lowest BCUT2D eigenvalue weighted by atomic mass is 9.83. The molecular formula is C22H17NO3. The van der Waals surface area contributed by atoms with Crippen molar-refractivity contribution in [2.45, 2.75) is 12.1 Å². The van der Waals surface area contributed by atoms with E-state index in [1.54, 1.807) is 18.2 Å². The molecule has 0 aliphatic carbocycles. The lowest BCUT2D eigenvalue weighted by Crippen LogP contribution is -2.48. The van der Waals surface area contributed by atoms with E-state index in [0.717, 1.165) is 5.56 Å². The number of carbonyl (C=O) groups is 2. The Labute approximate surface area is 151 Å². The molecule has 4 rings (SSSR count). The van der Waals surface area contributed by atoms with E-state index in [4.69, 9.17) is 4.74 Å². The van der Waals surface area contributed by atoms with Crippen molar-refractivity contribution in [2.75, 3.05) is 0 Å². The molecule has 0 saturated heterocycles. The van der Waals surface area contributed by atoms with E-state index in [9.17, 15) is 9.59 Å². The first-order valence-corrected chi connectivity index (χ1v) is 8.40. The zero-order chi connectivity index (χ0) is 18.0. The van der Waals surface area contributed by atoms with E-state index in [1.165, 1.54) is 0 Å². The molecule has 4 nitrogen and oxygen atoms in total. The molecule has 1 N–H and O–H groups in total. The third kappa shape index (κ3) is 2.56. The minimum absolute atomic E-state index is 0.145. The number of amides is 1. The number of hydrogen-bond donors (Lipinski definition) is 1. The molecular weight excluding hydrogens is 326 g/mol. The standard InChI is InChI=1S/C22H17NO3/c24-20-18-13-7-8-14-19(18)22(23-20,17-11-5-2-6-12-17)21(25)26-15-16-9-3-1-4-10-16/h1-14H,15H2,(H,23,24). The zero-order valence-corrected chi connectivity index (χ0v) is 14.0. The minimum Gasteiger partial charge on any atom is -0.459 e. The molecule has 1 aliphatic rings. The smallest absolute Gasteiger partial charge is 0.341 e. The maximum Gasteiger partial charge on any atom is 0.341 e. The Morgan fingerprint density at radius 1 is 0.846 bits per heavy atom. The molecule has 4 heteroatoms. The number of fused-ring (bicyclic) bond motifs is 1. The minimum atomic E-state index is -1.33. The van der Waals surface area contributed by atoms with Crippen LogP contribution in [0.25, 0.3) is 0 Å². The van der Waals surface area contributed by atoms with Gasteiger partial charge in [-0.25, -0.2) is 4.79 Å². The van der Waals surface area contributed by atoms with Crippen LogP contribution in [0.3, 0.4) is 0 Å². The average molecular weight is 343 g/mol. The van der Waals surface area contributed by atoms with Crippen LogP contribution in [0.15, 0.2) is 84.9 Å². The zero-order valence-electron chi connectivity index (χ0n) is 14.0. The Hall–Kier alpha value is -3.40. The first kappa shape index (κ1) is 16.1. The predicted molar refractivity (Wildman–Crippen MR) is 97.4 cm³/mol. The third-order valence-electron chi connectivity index (χ3n) is 4.60. The van der Waals surface area contributed by atoms with Crippen molar-refractivity contribution in [3.63, 3.8) is 0 Å². The van der Waals surface area contributed by atoms with E-state index in [2.05, 4.69) is 5.32 Å². The average Bonchev–Trinajstić information content (AvgIpc) is 3.02. The van der Waals surface area contributed by atoms with Crippen LogP contribution in [0.5, 0.6) is 0 Å². The van der Waals surface area contributed by atoms with Gasteiger partial charge in [-0.05, 0) is 17.2 Å². The van der Waals surface area contributed by atoms with E-state index < -0.39 is 11.5 Å². The van der Waals surface area contributed by atoms with Gasteiger partial charge in [-0.1, -0.05) is 78.9 Å². The van der Waals surface area contributed by atoms with Gasteiger partial charge in [0.25, 0.3) is 5.91 Å². The van der Waals surface area contributed by atoms with Crippen molar-refractivity contribution < 1.29 is 14.3 Å². The molecule has 0 saturated carbocycles. The second kappa shape index (κ2) is 6.48.